The summed E-state index contributed by atoms with van der Waals surface area (Å²) in [4.78, 5) is 13.7. The Morgan fingerprint density at radius 2 is 2.50 bits per heavy atom. The average Bonchev–Trinajstić information content (AvgIpc) is 2.64. The molecule has 88 valence electrons. The first kappa shape index (κ1) is 11.0. The van der Waals surface area contributed by atoms with Crippen molar-refractivity contribution in [1.82, 2.24) is 10.1 Å². The maximum absolute atomic E-state index is 11.9. The maximum atomic E-state index is 11.9. The number of anilines is 1. The van der Waals surface area contributed by atoms with Gasteiger partial charge in [-0.05, 0) is 25.7 Å². The van der Waals surface area contributed by atoms with Gasteiger partial charge in [0.1, 0.15) is 5.76 Å². The normalized spacial score (nSPS) is 20.9. The number of amides is 2. The molecule has 1 aliphatic heterocycles. The number of aryl methyl sites for hydroxylation is 1. The zero-order chi connectivity index (χ0) is 11.5. The molecular formula is C11H17N3O2. The third-order valence-corrected chi connectivity index (χ3v) is 2.81. The molecule has 1 unspecified atom stereocenters. The summed E-state index contributed by atoms with van der Waals surface area (Å²) in [5, 5.41) is 6.47. The number of hydrogen-bond acceptors (Lipinski definition) is 3. The first-order valence-corrected chi connectivity index (χ1v) is 5.64. The third kappa shape index (κ3) is 2.53. The fraction of sp³-hybridized carbons (Fsp3) is 0.636. The molecule has 2 amide bonds. The molecule has 2 heterocycles. The summed E-state index contributed by atoms with van der Waals surface area (Å²) in [6.45, 7) is 5.61. The summed E-state index contributed by atoms with van der Waals surface area (Å²) in [5.74, 6) is 1.77. The van der Waals surface area contributed by atoms with Crippen LogP contribution in [0, 0.1) is 12.8 Å². The smallest absolute Gasteiger partial charge is 0.323 e. The van der Waals surface area contributed by atoms with Crippen molar-refractivity contribution in [2.24, 2.45) is 5.92 Å². The van der Waals surface area contributed by atoms with Crippen molar-refractivity contribution in [3.05, 3.63) is 11.8 Å². The van der Waals surface area contributed by atoms with Gasteiger partial charge in [-0.25, -0.2) is 4.79 Å². The summed E-state index contributed by atoms with van der Waals surface area (Å²) >= 11 is 0. The number of nitrogens with one attached hydrogen (secondary N) is 1. The molecule has 0 saturated carbocycles. The number of carbonyl (C=O) groups excluding carboxylic acids is 1. The van der Waals surface area contributed by atoms with Crippen LogP contribution in [0.15, 0.2) is 10.6 Å². The molecule has 5 nitrogen and oxygen atoms in total. The van der Waals surface area contributed by atoms with Crippen LogP contribution in [0.1, 0.15) is 25.5 Å². The van der Waals surface area contributed by atoms with E-state index in [1.807, 2.05) is 4.90 Å². The number of nitrogens with zero attached hydrogens (tertiary/aromatic N) is 2. The van der Waals surface area contributed by atoms with E-state index in [1.54, 1.807) is 13.0 Å². The molecule has 1 N–H and O–H groups in total. The molecule has 16 heavy (non-hydrogen) atoms. The van der Waals surface area contributed by atoms with Gasteiger partial charge in [-0.3, -0.25) is 5.32 Å². The van der Waals surface area contributed by atoms with Gasteiger partial charge >= 0.3 is 6.03 Å². The van der Waals surface area contributed by atoms with E-state index >= 15 is 0 Å². The van der Waals surface area contributed by atoms with Crippen molar-refractivity contribution < 1.29 is 9.32 Å². The highest BCUT2D eigenvalue weighted by Crippen LogP contribution is 2.16. The van der Waals surface area contributed by atoms with E-state index in [0.29, 0.717) is 17.5 Å². The van der Waals surface area contributed by atoms with E-state index in [1.165, 1.54) is 6.42 Å². The van der Waals surface area contributed by atoms with E-state index in [-0.39, 0.29) is 6.03 Å². The van der Waals surface area contributed by atoms with E-state index in [0.717, 1.165) is 19.5 Å². The van der Waals surface area contributed by atoms with Gasteiger partial charge < -0.3 is 9.42 Å². The summed E-state index contributed by atoms with van der Waals surface area (Å²) in [5.41, 5.74) is 0. The molecule has 1 aromatic rings. The van der Waals surface area contributed by atoms with Crippen molar-refractivity contribution in [2.45, 2.75) is 26.7 Å². The lowest BCUT2D eigenvalue weighted by molar-refractivity contribution is 0.182. The predicted molar refractivity (Wildman–Crippen MR) is 60.2 cm³/mol. The van der Waals surface area contributed by atoms with Crippen molar-refractivity contribution in [3.8, 4) is 0 Å². The minimum Gasteiger partial charge on any atom is -0.360 e. The largest absolute Gasteiger partial charge is 0.360 e. The number of carbonyl (C=O) groups is 1. The molecule has 2 rings (SSSR count). The fourth-order valence-corrected chi connectivity index (χ4v) is 1.99. The highest BCUT2D eigenvalue weighted by molar-refractivity contribution is 5.88. The van der Waals surface area contributed by atoms with Crippen LogP contribution in [0.25, 0.3) is 0 Å². The van der Waals surface area contributed by atoms with Crippen molar-refractivity contribution >= 4 is 11.8 Å². The van der Waals surface area contributed by atoms with Gasteiger partial charge in [0, 0.05) is 19.2 Å². The highest BCUT2D eigenvalue weighted by atomic mass is 16.5. The number of likely N-dealkylation sites (tertiary alicyclic amines) is 1. The molecule has 1 atom stereocenters. The first-order valence-electron chi connectivity index (χ1n) is 5.64. The van der Waals surface area contributed by atoms with Crippen molar-refractivity contribution in [1.29, 1.82) is 0 Å². The van der Waals surface area contributed by atoms with E-state index in [2.05, 4.69) is 17.4 Å². The predicted octanol–water partition coefficient (Wildman–Crippen LogP) is 2.25. The average molecular weight is 223 g/mol. The fourth-order valence-electron chi connectivity index (χ4n) is 1.99. The number of rotatable bonds is 1. The van der Waals surface area contributed by atoms with Gasteiger partial charge in [0.05, 0.1) is 0 Å². The second-order valence-electron chi connectivity index (χ2n) is 4.45. The molecular weight excluding hydrogens is 206 g/mol. The quantitative estimate of drug-likeness (QED) is 0.794. The second-order valence-corrected chi connectivity index (χ2v) is 4.45. The minimum absolute atomic E-state index is 0.0835. The van der Waals surface area contributed by atoms with Crippen LogP contribution in [0.3, 0.4) is 0 Å². The van der Waals surface area contributed by atoms with Crippen LogP contribution >= 0.6 is 0 Å². The Morgan fingerprint density at radius 1 is 1.69 bits per heavy atom. The Labute approximate surface area is 94.8 Å². The zero-order valence-corrected chi connectivity index (χ0v) is 9.69. The summed E-state index contributed by atoms with van der Waals surface area (Å²) in [7, 11) is 0. The lowest BCUT2D eigenvalue weighted by Gasteiger charge is -2.30. The number of aromatic nitrogens is 1. The summed E-state index contributed by atoms with van der Waals surface area (Å²) in [6.07, 6.45) is 2.28. The standard InChI is InChI=1S/C11H17N3O2/c1-8-4-3-5-14(7-8)11(15)12-10-6-9(2)16-13-10/h6,8H,3-5,7H2,1-2H3,(H,12,13,15). The lowest BCUT2D eigenvalue weighted by atomic mass is 10.0. The molecule has 1 fully saturated rings. The Kier molecular flexibility index (Phi) is 3.12. The van der Waals surface area contributed by atoms with Crippen molar-refractivity contribution in [2.75, 3.05) is 18.4 Å². The van der Waals surface area contributed by atoms with Gasteiger partial charge in [-0.1, -0.05) is 12.1 Å². The molecule has 0 bridgehead atoms. The molecule has 1 aliphatic rings. The molecule has 1 aromatic heterocycles. The van der Waals surface area contributed by atoms with Crippen LogP contribution in [-0.4, -0.2) is 29.2 Å². The SMILES string of the molecule is Cc1cc(NC(=O)N2CCCC(C)C2)no1. The first-order chi connectivity index (χ1) is 7.65. The molecule has 0 spiro atoms. The van der Waals surface area contributed by atoms with Gasteiger partial charge in [0.25, 0.3) is 0 Å². The highest BCUT2D eigenvalue weighted by Gasteiger charge is 2.21. The van der Waals surface area contributed by atoms with Crippen LogP contribution < -0.4 is 5.32 Å². The van der Waals surface area contributed by atoms with Crippen molar-refractivity contribution in [3.63, 3.8) is 0 Å². The van der Waals surface area contributed by atoms with Crippen LogP contribution in [0.4, 0.5) is 10.6 Å². The molecule has 0 aliphatic carbocycles. The van der Waals surface area contributed by atoms with E-state index in [9.17, 15) is 4.79 Å². The van der Waals surface area contributed by atoms with E-state index < -0.39 is 0 Å². The minimum atomic E-state index is -0.0835. The molecule has 0 radical (unpaired) electrons. The maximum Gasteiger partial charge on any atom is 0.323 e. The molecule has 1 saturated heterocycles. The van der Waals surface area contributed by atoms with Crippen LogP contribution in [0.2, 0.25) is 0 Å². The monoisotopic (exact) mass is 223 g/mol. The Morgan fingerprint density at radius 3 is 3.12 bits per heavy atom. The lowest BCUT2D eigenvalue weighted by Crippen LogP contribution is -2.41. The van der Waals surface area contributed by atoms with Gasteiger partial charge in [0.2, 0.25) is 0 Å². The Hall–Kier alpha value is -1.52. The summed E-state index contributed by atoms with van der Waals surface area (Å²) in [6, 6.07) is 1.63. The van der Waals surface area contributed by atoms with Gasteiger partial charge in [-0.2, -0.15) is 0 Å². The Bertz CT molecular complexity index is 375. The molecule has 5 heteroatoms. The summed E-state index contributed by atoms with van der Waals surface area (Å²) < 4.78 is 4.89. The van der Waals surface area contributed by atoms with Crippen LogP contribution in [-0.2, 0) is 0 Å². The number of hydrogen-bond donors (Lipinski definition) is 1. The topological polar surface area (TPSA) is 58.4 Å². The van der Waals surface area contributed by atoms with Crippen LogP contribution in [0.5, 0.6) is 0 Å². The van der Waals surface area contributed by atoms with Gasteiger partial charge in [-0.15, -0.1) is 0 Å². The third-order valence-electron chi connectivity index (χ3n) is 2.81. The second kappa shape index (κ2) is 4.55. The number of piperidine rings is 1. The van der Waals surface area contributed by atoms with Gasteiger partial charge in [0.15, 0.2) is 5.82 Å². The Balaban J connectivity index is 1.92. The number of urea groups is 1. The van der Waals surface area contributed by atoms with E-state index in [4.69, 9.17) is 4.52 Å². The zero-order valence-electron chi connectivity index (χ0n) is 9.69. The molecule has 0 aromatic carbocycles.